The second-order valence-electron chi connectivity index (χ2n) is 4.45. The van der Waals surface area contributed by atoms with E-state index in [1.165, 1.54) is 0 Å². The Bertz CT molecular complexity index is 676. The summed E-state index contributed by atoms with van der Waals surface area (Å²) in [6, 6.07) is 7.14. The molecule has 0 aliphatic heterocycles. The minimum atomic E-state index is -0.231. The maximum absolute atomic E-state index is 12.5. The number of pyridine rings is 1. The van der Waals surface area contributed by atoms with Gasteiger partial charge in [0.25, 0.3) is 5.91 Å². The minimum Gasteiger partial charge on any atom is -0.370 e. The van der Waals surface area contributed by atoms with E-state index in [0.717, 1.165) is 10.0 Å². The van der Waals surface area contributed by atoms with Crippen LogP contribution >= 0.6 is 27.5 Å². The largest absolute Gasteiger partial charge is 0.370 e. The van der Waals surface area contributed by atoms with Gasteiger partial charge in [0.1, 0.15) is 5.82 Å². The van der Waals surface area contributed by atoms with Crippen LogP contribution in [0.3, 0.4) is 0 Å². The molecule has 2 aromatic rings. The summed E-state index contributed by atoms with van der Waals surface area (Å²) in [4.78, 5) is 16.7. The molecule has 110 valence electrons. The van der Waals surface area contributed by atoms with Gasteiger partial charge in [0.05, 0.1) is 5.56 Å². The van der Waals surface area contributed by atoms with Gasteiger partial charge in [0.2, 0.25) is 0 Å². The highest BCUT2D eigenvalue weighted by atomic mass is 79.9. The summed E-state index contributed by atoms with van der Waals surface area (Å²) >= 11 is 9.40. The van der Waals surface area contributed by atoms with Gasteiger partial charge in [0, 0.05) is 27.9 Å². The van der Waals surface area contributed by atoms with Crippen LogP contribution in [0, 0.1) is 6.92 Å². The third-order valence-corrected chi connectivity index (χ3v) is 3.80. The molecule has 0 aliphatic carbocycles. The molecule has 4 nitrogen and oxygen atoms in total. The van der Waals surface area contributed by atoms with Gasteiger partial charge in [-0.25, -0.2) is 4.98 Å². The van der Waals surface area contributed by atoms with Crippen molar-refractivity contribution in [2.45, 2.75) is 13.8 Å². The van der Waals surface area contributed by atoms with Crippen LogP contribution in [0.1, 0.15) is 22.8 Å². The van der Waals surface area contributed by atoms with Crippen molar-refractivity contribution in [1.29, 1.82) is 0 Å². The molecule has 1 heterocycles. The molecule has 6 heteroatoms. The van der Waals surface area contributed by atoms with Crippen LogP contribution in [-0.4, -0.2) is 17.4 Å². The molecule has 21 heavy (non-hydrogen) atoms. The zero-order valence-electron chi connectivity index (χ0n) is 11.7. The van der Waals surface area contributed by atoms with Crippen molar-refractivity contribution in [3.05, 3.63) is 51.1 Å². The van der Waals surface area contributed by atoms with Crippen LogP contribution in [0.25, 0.3) is 0 Å². The van der Waals surface area contributed by atoms with E-state index in [-0.39, 0.29) is 5.91 Å². The Kier molecular flexibility index (Phi) is 5.20. The molecule has 0 saturated carbocycles. The quantitative estimate of drug-likeness (QED) is 0.836. The number of hydrogen-bond donors (Lipinski definition) is 2. The first-order valence-electron chi connectivity index (χ1n) is 6.48. The van der Waals surface area contributed by atoms with E-state index >= 15 is 0 Å². The average molecular weight is 369 g/mol. The van der Waals surface area contributed by atoms with Gasteiger partial charge in [0.15, 0.2) is 0 Å². The van der Waals surface area contributed by atoms with Gasteiger partial charge >= 0.3 is 0 Å². The predicted molar refractivity (Wildman–Crippen MR) is 90.2 cm³/mol. The highest BCUT2D eigenvalue weighted by molar-refractivity contribution is 9.10. The highest BCUT2D eigenvalue weighted by Gasteiger charge is 2.14. The molecule has 1 amide bonds. The standard InChI is InChI=1S/C15H15BrClN3O/c1-3-18-14-11(7-10(16)8-19-14)15(21)20-13-6-4-5-12(17)9(13)2/h4-8H,3H2,1-2H3,(H,18,19)(H,20,21). The Balaban J connectivity index is 2.32. The van der Waals surface area contributed by atoms with Crippen molar-refractivity contribution < 1.29 is 4.79 Å². The number of amides is 1. The molecule has 0 fully saturated rings. The first kappa shape index (κ1) is 15.8. The Hall–Kier alpha value is -1.59. The van der Waals surface area contributed by atoms with Crippen molar-refractivity contribution in [3.63, 3.8) is 0 Å². The predicted octanol–water partition coefficient (Wildman–Crippen LogP) is 4.49. The molecule has 1 aromatic carbocycles. The monoisotopic (exact) mass is 367 g/mol. The second-order valence-corrected chi connectivity index (χ2v) is 5.77. The highest BCUT2D eigenvalue weighted by Crippen LogP contribution is 2.25. The molecule has 2 rings (SSSR count). The summed E-state index contributed by atoms with van der Waals surface area (Å²) in [5, 5.41) is 6.56. The first-order valence-corrected chi connectivity index (χ1v) is 7.66. The fraction of sp³-hybridized carbons (Fsp3) is 0.200. The molecule has 0 bridgehead atoms. The van der Waals surface area contributed by atoms with Crippen LogP contribution < -0.4 is 10.6 Å². The van der Waals surface area contributed by atoms with Crippen molar-refractivity contribution >= 4 is 44.9 Å². The number of aromatic nitrogens is 1. The summed E-state index contributed by atoms with van der Waals surface area (Å²) in [6.45, 7) is 4.50. The lowest BCUT2D eigenvalue weighted by Crippen LogP contribution is -2.16. The van der Waals surface area contributed by atoms with E-state index in [9.17, 15) is 4.79 Å². The number of benzene rings is 1. The zero-order chi connectivity index (χ0) is 15.4. The van der Waals surface area contributed by atoms with Crippen molar-refractivity contribution in [2.75, 3.05) is 17.2 Å². The number of carbonyl (C=O) groups excluding carboxylic acids is 1. The molecular formula is C15H15BrClN3O. The molecule has 0 radical (unpaired) electrons. The van der Waals surface area contributed by atoms with E-state index in [2.05, 4.69) is 31.5 Å². The number of halogens is 2. The number of carbonyl (C=O) groups is 1. The molecule has 0 saturated heterocycles. The summed E-state index contributed by atoms with van der Waals surface area (Å²) in [5.74, 6) is 0.322. The van der Waals surface area contributed by atoms with E-state index in [4.69, 9.17) is 11.6 Å². The lowest BCUT2D eigenvalue weighted by molar-refractivity contribution is 0.102. The van der Waals surface area contributed by atoms with Crippen molar-refractivity contribution in [1.82, 2.24) is 4.98 Å². The average Bonchev–Trinajstić information content (AvgIpc) is 2.46. The second kappa shape index (κ2) is 6.91. The van der Waals surface area contributed by atoms with Gasteiger partial charge < -0.3 is 10.6 Å². The molecule has 0 atom stereocenters. The lowest BCUT2D eigenvalue weighted by atomic mass is 10.1. The number of anilines is 2. The SMILES string of the molecule is CCNc1ncc(Br)cc1C(=O)Nc1cccc(Cl)c1C. The fourth-order valence-corrected chi connectivity index (χ4v) is 2.36. The Morgan fingerprint density at radius 3 is 2.90 bits per heavy atom. The van der Waals surface area contributed by atoms with Gasteiger partial charge in [-0.1, -0.05) is 17.7 Å². The molecule has 0 spiro atoms. The van der Waals surface area contributed by atoms with E-state index in [0.29, 0.717) is 28.6 Å². The van der Waals surface area contributed by atoms with E-state index in [1.807, 2.05) is 19.9 Å². The van der Waals surface area contributed by atoms with E-state index < -0.39 is 0 Å². The van der Waals surface area contributed by atoms with Gasteiger partial charge in [-0.05, 0) is 53.5 Å². The summed E-state index contributed by atoms with van der Waals surface area (Å²) in [6.07, 6.45) is 1.65. The molecular weight excluding hydrogens is 354 g/mol. The number of nitrogens with zero attached hydrogens (tertiary/aromatic N) is 1. The van der Waals surface area contributed by atoms with E-state index in [1.54, 1.807) is 24.4 Å². The van der Waals surface area contributed by atoms with Crippen LogP contribution in [0.15, 0.2) is 34.9 Å². The Morgan fingerprint density at radius 2 is 2.19 bits per heavy atom. The van der Waals surface area contributed by atoms with Crippen LogP contribution in [-0.2, 0) is 0 Å². The summed E-state index contributed by atoms with van der Waals surface area (Å²) in [5.41, 5.74) is 2.00. The lowest BCUT2D eigenvalue weighted by Gasteiger charge is -2.12. The topological polar surface area (TPSA) is 54.0 Å². The Labute approximate surface area is 137 Å². The van der Waals surface area contributed by atoms with Crippen LogP contribution in [0.5, 0.6) is 0 Å². The third kappa shape index (κ3) is 3.74. The van der Waals surface area contributed by atoms with Gasteiger partial charge in [-0.2, -0.15) is 0 Å². The van der Waals surface area contributed by atoms with Crippen LogP contribution in [0.2, 0.25) is 5.02 Å². The molecule has 1 aromatic heterocycles. The summed E-state index contributed by atoms with van der Waals surface area (Å²) < 4.78 is 0.747. The minimum absolute atomic E-state index is 0.231. The third-order valence-electron chi connectivity index (χ3n) is 2.96. The van der Waals surface area contributed by atoms with Crippen LogP contribution in [0.4, 0.5) is 11.5 Å². The number of nitrogens with one attached hydrogen (secondary N) is 2. The molecule has 2 N–H and O–H groups in total. The number of rotatable bonds is 4. The van der Waals surface area contributed by atoms with Crippen molar-refractivity contribution in [3.8, 4) is 0 Å². The zero-order valence-corrected chi connectivity index (χ0v) is 14.0. The summed E-state index contributed by atoms with van der Waals surface area (Å²) in [7, 11) is 0. The smallest absolute Gasteiger partial charge is 0.259 e. The maximum Gasteiger partial charge on any atom is 0.259 e. The van der Waals surface area contributed by atoms with Crippen molar-refractivity contribution in [2.24, 2.45) is 0 Å². The maximum atomic E-state index is 12.5. The van der Waals surface area contributed by atoms with Gasteiger partial charge in [-0.15, -0.1) is 0 Å². The first-order chi connectivity index (χ1) is 10.0. The Morgan fingerprint density at radius 1 is 1.43 bits per heavy atom. The van der Waals surface area contributed by atoms with Gasteiger partial charge in [-0.3, -0.25) is 4.79 Å². The normalized spacial score (nSPS) is 10.3. The molecule has 0 aliphatic rings. The number of hydrogen-bond acceptors (Lipinski definition) is 3. The fourth-order valence-electron chi connectivity index (χ4n) is 1.85. The molecule has 0 unspecified atom stereocenters.